The maximum absolute atomic E-state index is 3.65. The van der Waals surface area contributed by atoms with Gasteiger partial charge in [-0.1, -0.05) is 86.6 Å². The van der Waals surface area contributed by atoms with Crippen molar-refractivity contribution in [2.75, 3.05) is 0 Å². The highest BCUT2D eigenvalue weighted by atomic mass is 14.7. The van der Waals surface area contributed by atoms with Crippen LogP contribution in [0.5, 0.6) is 0 Å². The summed E-state index contributed by atoms with van der Waals surface area (Å²) in [4.78, 5) is 3.65. The molecule has 0 unspecified atom stereocenters. The van der Waals surface area contributed by atoms with Crippen LogP contribution in [-0.2, 0) is 5.41 Å². The summed E-state index contributed by atoms with van der Waals surface area (Å²) in [6.07, 6.45) is 0. The van der Waals surface area contributed by atoms with Crippen LogP contribution in [0.15, 0.2) is 97.1 Å². The molecule has 0 bridgehead atoms. The van der Waals surface area contributed by atoms with Crippen molar-refractivity contribution in [3.8, 4) is 22.3 Å². The maximum atomic E-state index is 3.65. The molecule has 1 N–H and O–H groups in total. The number of para-hydroxylation sites is 1. The molecule has 0 saturated heterocycles. The van der Waals surface area contributed by atoms with Crippen molar-refractivity contribution in [1.82, 2.24) is 4.98 Å². The number of hydrogen-bond acceptors (Lipinski definition) is 0. The Hall–Kier alpha value is -3.84. The van der Waals surface area contributed by atoms with E-state index in [-0.39, 0.29) is 5.41 Å². The molecule has 5 aromatic carbocycles. The van der Waals surface area contributed by atoms with Gasteiger partial charge in [-0.15, -0.1) is 0 Å². The number of nitrogens with one attached hydrogen (secondary N) is 1. The van der Waals surface area contributed by atoms with Crippen molar-refractivity contribution in [1.29, 1.82) is 0 Å². The maximum Gasteiger partial charge on any atom is 0.0468 e. The van der Waals surface area contributed by atoms with Gasteiger partial charge in [0.05, 0.1) is 0 Å². The van der Waals surface area contributed by atoms with Crippen molar-refractivity contribution in [2.45, 2.75) is 19.3 Å². The van der Waals surface area contributed by atoms with Gasteiger partial charge in [-0.3, -0.25) is 0 Å². The molecule has 1 heteroatoms. The van der Waals surface area contributed by atoms with Crippen molar-refractivity contribution >= 4 is 32.6 Å². The Bertz CT molecular complexity index is 1680. The highest BCUT2D eigenvalue weighted by Gasteiger charge is 2.37. The minimum atomic E-state index is -0.0658. The lowest BCUT2D eigenvalue weighted by Gasteiger charge is -2.23. The molecular weight excluding hydrogens is 386 g/mol. The Balaban J connectivity index is 1.63. The van der Waals surface area contributed by atoms with Crippen molar-refractivity contribution in [2.24, 2.45) is 0 Å². The molecule has 1 nitrogen and oxygen atoms in total. The summed E-state index contributed by atoms with van der Waals surface area (Å²) in [6.45, 7) is 4.74. The molecule has 0 aliphatic heterocycles. The number of hydrogen-bond donors (Lipinski definition) is 1. The second-order valence-corrected chi connectivity index (χ2v) is 9.50. The van der Waals surface area contributed by atoms with Gasteiger partial charge < -0.3 is 4.98 Å². The van der Waals surface area contributed by atoms with Crippen LogP contribution in [0.25, 0.3) is 54.8 Å². The van der Waals surface area contributed by atoms with E-state index in [4.69, 9.17) is 0 Å². The van der Waals surface area contributed by atoms with E-state index in [9.17, 15) is 0 Å². The smallest absolute Gasteiger partial charge is 0.0468 e. The van der Waals surface area contributed by atoms with Gasteiger partial charge in [0.2, 0.25) is 0 Å². The molecule has 1 aromatic heterocycles. The van der Waals surface area contributed by atoms with Crippen LogP contribution in [0.3, 0.4) is 0 Å². The van der Waals surface area contributed by atoms with Crippen LogP contribution >= 0.6 is 0 Å². The van der Waals surface area contributed by atoms with Gasteiger partial charge in [-0.05, 0) is 68.4 Å². The van der Waals surface area contributed by atoms with Gasteiger partial charge in [0.1, 0.15) is 0 Å². The molecule has 0 amide bonds. The van der Waals surface area contributed by atoms with Gasteiger partial charge >= 0.3 is 0 Å². The van der Waals surface area contributed by atoms with Gasteiger partial charge in [-0.25, -0.2) is 0 Å². The number of aromatic nitrogens is 1. The first-order valence-corrected chi connectivity index (χ1v) is 11.3. The molecule has 1 aliphatic carbocycles. The summed E-state index contributed by atoms with van der Waals surface area (Å²) < 4.78 is 0. The van der Waals surface area contributed by atoms with E-state index in [1.54, 1.807) is 0 Å². The zero-order valence-corrected chi connectivity index (χ0v) is 18.2. The normalized spacial score (nSPS) is 14.2. The molecule has 0 fully saturated rings. The fourth-order valence-corrected chi connectivity index (χ4v) is 5.78. The molecule has 6 aromatic rings. The zero-order chi connectivity index (χ0) is 21.4. The first-order valence-electron chi connectivity index (χ1n) is 11.3. The molecule has 0 radical (unpaired) electrons. The summed E-state index contributed by atoms with van der Waals surface area (Å²) in [5, 5.41) is 5.26. The standard InChI is InChI=1S/C31H23N/c1-31(2)26-18-29-24(21-13-8-9-15-28(21)32-29)16-25(26)30-22-14-7-6-12-20(22)23(17-27(30)31)19-10-4-3-5-11-19/h3-18,32H,1-2H3. The van der Waals surface area contributed by atoms with Crippen molar-refractivity contribution in [3.63, 3.8) is 0 Å². The van der Waals surface area contributed by atoms with E-state index >= 15 is 0 Å². The third-order valence-corrected chi connectivity index (χ3v) is 7.39. The Morgan fingerprint density at radius 3 is 2.03 bits per heavy atom. The lowest BCUT2D eigenvalue weighted by atomic mass is 9.80. The van der Waals surface area contributed by atoms with Gasteiger partial charge in [0, 0.05) is 27.2 Å². The molecule has 152 valence electrons. The Morgan fingerprint density at radius 2 is 1.22 bits per heavy atom. The fraction of sp³-hybridized carbons (Fsp3) is 0.0968. The third-order valence-electron chi connectivity index (χ3n) is 7.39. The predicted molar refractivity (Wildman–Crippen MR) is 136 cm³/mol. The third kappa shape index (κ3) is 2.23. The number of benzene rings is 5. The average Bonchev–Trinajstić information content (AvgIpc) is 3.30. The highest BCUT2D eigenvalue weighted by molar-refractivity contribution is 6.13. The molecule has 0 saturated carbocycles. The minimum absolute atomic E-state index is 0.0658. The van der Waals surface area contributed by atoms with E-state index in [0.29, 0.717) is 0 Å². The van der Waals surface area contributed by atoms with E-state index in [1.165, 1.54) is 66.0 Å². The van der Waals surface area contributed by atoms with Crippen LogP contribution in [-0.4, -0.2) is 4.98 Å². The van der Waals surface area contributed by atoms with Crippen LogP contribution in [0.4, 0.5) is 0 Å². The molecular formula is C31H23N. The van der Waals surface area contributed by atoms with Crippen molar-refractivity contribution < 1.29 is 0 Å². The van der Waals surface area contributed by atoms with Gasteiger partial charge in [0.25, 0.3) is 0 Å². The quantitative estimate of drug-likeness (QED) is 0.280. The van der Waals surface area contributed by atoms with E-state index in [2.05, 4.69) is 116 Å². The number of aromatic amines is 1. The molecule has 32 heavy (non-hydrogen) atoms. The van der Waals surface area contributed by atoms with E-state index in [1.807, 2.05) is 0 Å². The van der Waals surface area contributed by atoms with Crippen LogP contribution in [0.1, 0.15) is 25.0 Å². The summed E-state index contributed by atoms with van der Waals surface area (Å²) in [5.41, 5.74) is 10.5. The van der Waals surface area contributed by atoms with Gasteiger partial charge in [0.15, 0.2) is 0 Å². The minimum Gasteiger partial charge on any atom is -0.355 e. The summed E-state index contributed by atoms with van der Waals surface area (Å²) in [7, 11) is 0. The van der Waals surface area contributed by atoms with Crippen molar-refractivity contribution in [3.05, 3.63) is 108 Å². The molecule has 0 atom stereocenters. The lowest BCUT2D eigenvalue weighted by molar-refractivity contribution is 0.662. The van der Waals surface area contributed by atoms with E-state index in [0.717, 1.165) is 0 Å². The molecule has 7 rings (SSSR count). The molecule has 1 aliphatic rings. The summed E-state index contributed by atoms with van der Waals surface area (Å²) in [6, 6.07) is 35.6. The largest absolute Gasteiger partial charge is 0.355 e. The molecule has 1 heterocycles. The lowest BCUT2D eigenvalue weighted by Crippen LogP contribution is -2.15. The predicted octanol–water partition coefficient (Wildman–Crippen LogP) is 8.45. The number of H-pyrrole nitrogens is 1. The Labute approximate surface area is 187 Å². The first kappa shape index (κ1) is 17.8. The van der Waals surface area contributed by atoms with Crippen LogP contribution in [0, 0.1) is 0 Å². The Kier molecular flexibility index (Phi) is 3.40. The summed E-state index contributed by atoms with van der Waals surface area (Å²) in [5.74, 6) is 0. The Morgan fingerprint density at radius 1 is 0.531 bits per heavy atom. The zero-order valence-electron chi connectivity index (χ0n) is 18.2. The van der Waals surface area contributed by atoms with Crippen LogP contribution < -0.4 is 0 Å². The first-order chi connectivity index (χ1) is 15.6. The number of fused-ring (bicyclic) bond motifs is 8. The molecule has 0 spiro atoms. The fourth-order valence-electron chi connectivity index (χ4n) is 5.78. The highest BCUT2D eigenvalue weighted by Crippen LogP contribution is 2.54. The second kappa shape index (κ2) is 6.11. The SMILES string of the molecule is CC1(C)c2cc3[nH]c4ccccc4c3cc2-c2c1cc(-c1ccccc1)c1ccccc21. The number of rotatable bonds is 1. The average molecular weight is 410 g/mol. The van der Waals surface area contributed by atoms with E-state index < -0.39 is 0 Å². The van der Waals surface area contributed by atoms with Crippen LogP contribution in [0.2, 0.25) is 0 Å². The topological polar surface area (TPSA) is 15.8 Å². The van der Waals surface area contributed by atoms with Gasteiger partial charge in [-0.2, -0.15) is 0 Å². The monoisotopic (exact) mass is 409 g/mol. The summed E-state index contributed by atoms with van der Waals surface area (Å²) >= 11 is 0. The second-order valence-electron chi connectivity index (χ2n) is 9.50.